The van der Waals surface area contributed by atoms with E-state index >= 15 is 0 Å². The molecule has 0 aliphatic carbocycles. The number of ether oxygens (including phenoxy) is 1. The summed E-state index contributed by atoms with van der Waals surface area (Å²) >= 11 is 6.73. The smallest absolute Gasteiger partial charge is 0.277 e. The lowest BCUT2D eigenvalue weighted by Gasteiger charge is -2.08. The number of rotatable bonds is 6. The molecule has 1 aromatic carbocycles. The van der Waals surface area contributed by atoms with Gasteiger partial charge in [0.25, 0.3) is 5.91 Å². The number of carbonyl (C=O) groups excluding carboxylic acids is 1. The summed E-state index contributed by atoms with van der Waals surface area (Å²) < 4.78 is 7.15. The van der Waals surface area contributed by atoms with Crippen LogP contribution in [0.3, 0.4) is 0 Å². The Kier molecular flexibility index (Phi) is 7.23. The Labute approximate surface area is 136 Å². The predicted octanol–water partition coefficient (Wildman–Crippen LogP) is 4.13. The highest BCUT2D eigenvalue weighted by Gasteiger charge is 2.06. The minimum Gasteiger partial charge on any atom is -0.483 e. The molecule has 110 valence electrons. The van der Waals surface area contributed by atoms with Crippen molar-refractivity contribution in [2.45, 2.75) is 27.2 Å². The fraction of sp³-hybridized carbons (Fsp3) is 0.429. The first kappa shape index (κ1) is 17.2. The largest absolute Gasteiger partial charge is 0.483 e. The van der Waals surface area contributed by atoms with Crippen LogP contribution in [-0.2, 0) is 4.79 Å². The number of halogens is 2. The monoisotopic (exact) mass is 404 g/mol. The summed E-state index contributed by atoms with van der Waals surface area (Å²) in [7, 11) is 0. The Balaban J connectivity index is 2.43. The molecule has 4 nitrogen and oxygen atoms in total. The third kappa shape index (κ3) is 6.52. The van der Waals surface area contributed by atoms with Gasteiger partial charge in [-0.1, -0.05) is 29.8 Å². The van der Waals surface area contributed by atoms with E-state index in [0.29, 0.717) is 11.7 Å². The van der Waals surface area contributed by atoms with Gasteiger partial charge in [-0.2, -0.15) is 5.10 Å². The van der Waals surface area contributed by atoms with Crippen molar-refractivity contribution in [2.75, 3.05) is 6.61 Å². The molecule has 20 heavy (non-hydrogen) atoms. The molecule has 0 fully saturated rings. The first-order chi connectivity index (χ1) is 9.38. The van der Waals surface area contributed by atoms with Crippen LogP contribution in [-0.4, -0.2) is 18.2 Å². The molecule has 1 aromatic rings. The van der Waals surface area contributed by atoms with E-state index in [1.54, 1.807) is 6.07 Å². The molecule has 1 amide bonds. The maximum Gasteiger partial charge on any atom is 0.277 e. The Morgan fingerprint density at radius 1 is 1.40 bits per heavy atom. The molecule has 1 N–H and O–H groups in total. The molecule has 0 saturated carbocycles. The summed E-state index contributed by atoms with van der Waals surface area (Å²) in [6.07, 6.45) is 0.861. The van der Waals surface area contributed by atoms with E-state index in [4.69, 9.17) is 4.74 Å². The number of hydrazone groups is 1. The van der Waals surface area contributed by atoms with Crippen LogP contribution in [0, 0.1) is 5.92 Å². The van der Waals surface area contributed by atoms with Gasteiger partial charge in [0.1, 0.15) is 5.75 Å². The van der Waals surface area contributed by atoms with Crippen molar-refractivity contribution in [1.82, 2.24) is 5.43 Å². The van der Waals surface area contributed by atoms with Crippen molar-refractivity contribution in [2.24, 2.45) is 11.0 Å². The van der Waals surface area contributed by atoms with Crippen LogP contribution in [0.1, 0.15) is 27.2 Å². The zero-order chi connectivity index (χ0) is 15.1. The topological polar surface area (TPSA) is 50.7 Å². The summed E-state index contributed by atoms with van der Waals surface area (Å²) in [6.45, 7) is 6.04. The molecule has 0 atom stereocenters. The molecule has 6 heteroatoms. The van der Waals surface area contributed by atoms with Gasteiger partial charge in [-0.15, -0.1) is 0 Å². The normalized spacial score (nSPS) is 11.6. The average Bonchev–Trinajstić information content (AvgIpc) is 2.34. The van der Waals surface area contributed by atoms with Gasteiger partial charge >= 0.3 is 0 Å². The van der Waals surface area contributed by atoms with Gasteiger partial charge in [0.05, 0.1) is 4.47 Å². The summed E-state index contributed by atoms with van der Waals surface area (Å²) in [6, 6.07) is 5.50. The van der Waals surface area contributed by atoms with E-state index in [0.717, 1.165) is 21.1 Å². The molecule has 0 aromatic heterocycles. The minimum atomic E-state index is -0.275. The quantitative estimate of drug-likeness (QED) is 0.571. The summed E-state index contributed by atoms with van der Waals surface area (Å²) in [5.41, 5.74) is 3.39. The SMILES string of the molecule is CC(CC(C)C)=NNC(=O)COc1ccc(Br)cc1Br. The zero-order valence-corrected chi connectivity index (χ0v) is 14.9. The van der Waals surface area contributed by atoms with Gasteiger partial charge in [-0.3, -0.25) is 4.79 Å². The highest BCUT2D eigenvalue weighted by atomic mass is 79.9. The second kappa shape index (κ2) is 8.42. The Morgan fingerprint density at radius 3 is 2.70 bits per heavy atom. The van der Waals surface area contributed by atoms with Crippen molar-refractivity contribution < 1.29 is 9.53 Å². The molecular weight excluding hydrogens is 388 g/mol. The highest BCUT2D eigenvalue weighted by Crippen LogP contribution is 2.27. The lowest BCUT2D eigenvalue weighted by atomic mass is 10.1. The number of hydrogen-bond acceptors (Lipinski definition) is 3. The Hall–Kier alpha value is -0.880. The molecule has 0 saturated heterocycles. The maximum absolute atomic E-state index is 11.6. The van der Waals surface area contributed by atoms with E-state index in [1.807, 2.05) is 19.1 Å². The molecular formula is C14H18Br2N2O2. The number of nitrogens with zero attached hydrogens (tertiary/aromatic N) is 1. The molecule has 0 heterocycles. The molecule has 0 aliphatic heterocycles. The number of hydrogen-bond donors (Lipinski definition) is 1. The van der Waals surface area contributed by atoms with Gasteiger partial charge in [-0.25, -0.2) is 5.43 Å². The van der Waals surface area contributed by atoms with Crippen LogP contribution in [0.25, 0.3) is 0 Å². The third-order valence-electron chi connectivity index (χ3n) is 2.33. The molecule has 0 aliphatic rings. The predicted molar refractivity (Wildman–Crippen MR) is 88.0 cm³/mol. The Morgan fingerprint density at radius 2 is 2.10 bits per heavy atom. The first-order valence-corrected chi connectivity index (χ1v) is 7.87. The standard InChI is InChI=1S/C14H18Br2N2O2/c1-9(2)6-10(3)17-18-14(19)8-20-13-5-4-11(15)7-12(13)16/h4-5,7,9H,6,8H2,1-3H3,(H,18,19). The van der Waals surface area contributed by atoms with Gasteiger partial charge < -0.3 is 4.74 Å². The lowest BCUT2D eigenvalue weighted by molar-refractivity contribution is -0.123. The van der Waals surface area contributed by atoms with E-state index in [2.05, 4.69) is 56.2 Å². The van der Waals surface area contributed by atoms with Crippen LogP contribution in [0.2, 0.25) is 0 Å². The van der Waals surface area contributed by atoms with E-state index in [-0.39, 0.29) is 12.5 Å². The third-order valence-corrected chi connectivity index (χ3v) is 3.44. The van der Waals surface area contributed by atoms with Gasteiger partial charge in [0.2, 0.25) is 0 Å². The molecule has 0 bridgehead atoms. The van der Waals surface area contributed by atoms with E-state index in [9.17, 15) is 4.79 Å². The fourth-order valence-electron chi connectivity index (χ4n) is 1.56. The highest BCUT2D eigenvalue weighted by molar-refractivity contribution is 9.11. The molecule has 1 rings (SSSR count). The van der Waals surface area contributed by atoms with Gasteiger partial charge in [-0.05, 0) is 53.4 Å². The van der Waals surface area contributed by atoms with Crippen molar-refractivity contribution in [3.8, 4) is 5.75 Å². The average molecular weight is 406 g/mol. The van der Waals surface area contributed by atoms with Crippen molar-refractivity contribution in [1.29, 1.82) is 0 Å². The van der Waals surface area contributed by atoms with Gasteiger partial charge in [0, 0.05) is 10.2 Å². The number of benzene rings is 1. The van der Waals surface area contributed by atoms with Crippen molar-refractivity contribution in [3.05, 3.63) is 27.1 Å². The fourth-order valence-corrected chi connectivity index (χ4v) is 2.72. The number of carbonyl (C=O) groups is 1. The maximum atomic E-state index is 11.6. The second-order valence-electron chi connectivity index (χ2n) is 4.84. The van der Waals surface area contributed by atoms with E-state index in [1.165, 1.54) is 0 Å². The van der Waals surface area contributed by atoms with Gasteiger partial charge in [0.15, 0.2) is 6.61 Å². The molecule has 0 radical (unpaired) electrons. The van der Waals surface area contributed by atoms with Crippen LogP contribution >= 0.6 is 31.9 Å². The number of amides is 1. The zero-order valence-electron chi connectivity index (χ0n) is 11.7. The number of nitrogens with one attached hydrogen (secondary N) is 1. The Bertz CT molecular complexity index is 502. The molecule has 0 unspecified atom stereocenters. The van der Waals surface area contributed by atoms with Crippen LogP contribution in [0.15, 0.2) is 32.2 Å². The lowest BCUT2D eigenvalue weighted by Crippen LogP contribution is -2.25. The first-order valence-electron chi connectivity index (χ1n) is 6.28. The molecule has 0 spiro atoms. The van der Waals surface area contributed by atoms with E-state index < -0.39 is 0 Å². The summed E-state index contributed by atoms with van der Waals surface area (Å²) in [4.78, 5) is 11.6. The van der Waals surface area contributed by atoms with Crippen LogP contribution in [0.4, 0.5) is 0 Å². The second-order valence-corrected chi connectivity index (χ2v) is 6.61. The van der Waals surface area contributed by atoms with Crippen molar-refractivity contribution >= 4 is 43.5 Å². The van der Waals surface area contributed by atoms with Crippen LogP contribution in [0.5, 0.6) is 5.75 Å². The van der Waals surface area contributed by atoms with Crippen molar-refractivity contribution in [3.63, 3.8) is 0 Å². The summed E-state index contributed by atoms with van der Waals surface area (Å²) in [5, 5.41) is 4.03. The summed E-state index contributed by atoms with van der Waals surface area (Å²) in [5.74, 6) is 0.861. The van der Waals surface area contributed by atoms with Crippen LogP contribution < -0.4 is 10.2 Å². The minimum absolute atomic E-state index is 0.0707.